The first kappa shape index (κ1) is 15.1. The molecule has 0 bridgehead atoms. The summed E-state index contributed by atoms with van der Waals surface area (Å²) in [5, 5.41) is 22.0. The number of nitrogens with zero attached hydrogens (tertiary/aromatic N) is 2. The molecule has 0 aliphatic heterocycles. The second-order valence-electron chi connectivity index (χ2n) is 4.88. The zero-order valence-electron chi connectivity index (χ0n) is 11.8. The predicted molar refractivity (Wildman–Crippen MR) is 83.9 cm³/mol. The number of hydrogen-bond donors (Lipinski definition) is 2. The fourth-order valence-electron chi connectivity index (χ4n) is 2.30. The van der Waals surface area contributed by atoms with Gasteiger partial charge in [-0.15, -0.1) is 0 Å². The SMILES string of the molecule is O=c1[nH]c2cc(-c3ccc([N+](=O)[O-])cc3)c([N+](=O)[O-])cc2[nH]c1=O. The third-order valence-corrected chi connectivity index (χ3v) is 3.42. The average molecular weight is 328 g/mol. The molecule has 0 amide bonds. The molecular formula is C14H8N4O6. The minimum absolute atomic E-state index is 0.108. The highest BCUT2D eigenvalue weighted by atomic mass is 16.6. The Hall–Kier alpha value is -3.82. The number of benzene rings is 2. The molecular weight excluding hydrogens is 320 g/mol. The van der Waals surface area contributed by atoms with E-state index in [1.165, 1.54) is 30.3 Å². The Labute approximate surface area is 131 Å². The summed E-state index contributed by atoms with van der Waals surface area (Å²) < 4.78 is 0. The van der Waals surface area contributed by atoms with Gasteiger partial charge in [-0.2, -0.15) is 0 Å². The first-order valence-corrected chi connectivity index (χ1v) is 6.56. The number of aromatic amines is 2. The van der Waals surface area contributed by atoms with Crippen LogP contribution in [0.5, 0.6) is 0 Å². The minimum Gasteiger partial charge on any atom is -0.316 e. The van der Waals surface area contributed by atoms with Crippen LogP contribution in [0.25, 0.3) is 22.2 Å². The van der Waals surface area contributed by atoms with E-state index in [2.05, 4.69) is 9.97 Å². The Morgan fingerprint density at radius 2 is 1.33 bits per heavy atom. The van der Waals surface area contributed by atoms with Crippen molar-refractivity contribution in [3.8, 4) is 11.1 Å². The Morgan fingerprint density at radius 3 is 1.83 bits per heavy atom. The van der Waals surface area contributed by atoms with Gasteiger partial charge in [-0.05, 0) is 23.8 Å². The smallest absolute Gasteiger partial charge is 0.314 e. The van der Waals surface area contributed by atoms with Crippen molar-refractivity contribution in [3.63, 3.8) is 0 Å². The monoisotopic (exact) mass is 328 g/mol. The van der Waals surface area contributed by atoms with Crippen molar-refractivity contribution in [2.45, 2.75) is 0 Å². The first-order valence-electron chi connectivity index (χ1n) is 6.56. The molecule has 1 aromatic heterocycles. The Balaban J connectivity index is 2.28. The third-order valence-electron chi connectivity index (χ3n) is 3.42. The Kier molecular flexibility index (Phi) is 3.41. The summed E-state index contributed by atoms with van der Waals surface area (Å²) in [7, 11) is 0. The normalized spacial score (nSPS) is 10.7. The number of nitro groups is 2. The van der Waals surface area contributed by atoms with Gasteiger partial charge in [-0.1, -0.05) is 0 Å². The summed E-state index contributed by atoms with van der Waals surface area (Å²) in [5.41, 5.74) is -1.42. The van der Waals surface area contributed by atoms with Gasteiger partial charge < -0.3 is 9.97 Å². The van der Waals surface area contributed by atoms with Crippen LogP contribution in [0.2, 0.25) is 0 Å². The minimum atomic E-state index is -0.917. The quantitative estimate of drug-likeness (QED) is 0.424. The van der Waals surface area contributed by atoms with Crippen molar-refractivity contribution in [2.75, 3.05) is 0 Å². The number of fused-ring (bicyclic) bond motifs is 1. The molecule has 120 valence electrons. The molecule has 0 spiro atoms. The third kappa shape index (κ3) is 2.52. The molecule has 0 radical (unpaired) electrons. The molecule has 0 aliphatic carbocycles. The van der Waals surface area contributed by atoms with Gasteiger partial charge >= 0.3 is 11.1 Å². The Morgan fingerprint density at radius 1 is 0.792 bits per heavy atom. The Bertz CT molecular complexity index is 1100. The van der Waals surface area contributed by atoms with Crippen molar-refractivity contribution in [1.29, 1.82) is 0 Å². The van der Waals surface area contributed by atoms with Crippen LogP contribution >= 0.6 is 0 Å². The van der Waals surface area contributed by atoms with E-state index < -0.39 is 21.0 Å². The van der Waals surface area contributed by atoms with Gasteiger partial charge in [0.15, 0.2) is 0 Å². The van der Waals surface area contributed by atoms with E-state index >= 15 is 0 Å². The number of aromatic nitrogens is 2. The van der Waals surface area contributed by atoms with Gasteiger partial charge in [-0.25, -0.2) is 0 Å². The molecule has 0 fully saturated rings. The number of non-ortho nitro benzene ring substituents is 1. The maximum absolute atomic E-state index is 11.4. The second-order valence-corrected chi connectivity index (χ2v) is 4.88. The topological polar surface area (TPSA) is 152 Å². The summed E-state index contributed by atoms with van der Waals surface area (Å²) in [5.74, 6) is 0. The lowest BCUT2D eigenvalue weighted by molar-refractivity contribution is -0.385. The maximum Gasteiger partial charge on any atom is 0.314 e. The molecule has 0 atom stereocenters. The predicted octanol–water partition coefficient (Wildman–Crippen LogP) is 1.70. The van der Waals surface area contributed by atoms with Crippen LogP contribution in [0.3, 0.4) is 0 Å². The van der Waals surface area contributed by atoms with Crippen LogP contribution in [0.15, 0.2) is 46.0 Å². The molecule has 0 saturated heterocycles. The molecule has 0 saturated carbocycles. The van der Waals surface area contributed by atoms with E-state index in [1.807, 2.05) is 0 Å². The van der Waals surface area contributed by atoms with Crippen molar-refractivity contribution in [3.05, 3.63) is 77.3 Å². The second kappa shape index (κ2) is 5.43. The van der Waals surface area contributed by atoms with E-state index in [4.69, 9.17) is 0 Å². The highest BCUT2D eigenvalue weighted by Crippen LogP contribution is 2.33. The van der Waals surface area contributed by atoms with Gasteiger partial charge in [0.05, 0.1) is 26.4 Å². The maximum atomic E-state index is 11.4. The van der Waals surface area contributed by atoms with Crippen molar-refractivity contribution < 1.29 is 9.85 Å². The van der Waals surface area contributed by atoms with Crippen molar-refractivity contribution >= 4 is 22.4 Å². The number of nitrogens with one attached hydrogen (secondary N) is 2. The molecule has 2 N–H and O–H groups in total. The molecule has 2 aromatic carbocycles. The molecule has 0 aliphatic rings. The fraction of sp³-hybridized carbons (Fsp3) is 0. The number of hydrogen-bond acceptors (Lipinski definition) is 6. The highest BCUT2D eigenvalue weighted by Gasteiger charge is 2.18. The van der Waals surface area contributed by atoms with Gasteiger partial charge in [-0.3, -0.25) is 29.8 Å². The van der Waals surface area contributed by atoms with Gasteiger partial charge in [0.1, 0.15) is 0 Å². The van der Waals surface area contributed by atoms with Crippen molar-refractivity contribution in [2.24, 2.45) is 0 Å². The zero-order chi connectivity index (χ0) is 17.4. The molecule has 10 heteroatoms. The summed E-state index contributed by atoms with van der Waals surface area (Å²) in [4.78, 5) is 48.1. The molecule has 24 heavy (non-hydrogen) atoms. The first-order chi connectivity index (χ1) is 11.4. The lowest BCUT2D eigenvalue weighted by atomic mass is 10.0. The fourth-order valence-corrected chi connectivity index (χ4v) is 2.30. The number of H-pyrrole nitrogens is 2. The molecule has 0 unspecified atom stereocenters. The van der Waals surface area contributed by atoms with Crippen LogP contribution in [0.1, 0.15) is 0 Å². The van der Waals surface area contributed by atoms with E-state index in [1.54, 1.807) is 0 Å². The average Bonchev–Trinajstić information content (AvgIpc) is 2.55. The standard InChI is InChI=1S/C14H8N4O6/c19-13-14(20)16-11-6-12(18(23)24)9(5-10(11)15-13)7-1-3-8(4-2-7)17(21)22/h1-6H,(H,15,19)(H,16,20). The molecule has 1 heterocycles. The highest BCUT2D eigenvalue weighted by molar-refractivity contribution is 5.87. The summed E-state index contributed by atoms with van der Waals surface area (Å²) in [6.45, 7) is 0. The van der Waals surface area contributed by atoms with Crippen LogP contribution in [-0.4, -0.2) is 19.8 Å². The summed E-state index contributed by atoms with van der Waals surface area (Å²) in [6, 6.07) is 7.65. The van der Waals surface area contributed by atoms with E-state index in [-0.39, 0.29) is 28.0 Å². The summed E-state index contributed by atoms with van der Waals surface area (Å²) in [6.07, 6.45) is 0. The zero-order valence-corrected chi connectivity index (χ0v) is 11.8. The molecule has 10 nitrogen and oxygen atoms in total. The van der Waals surface area contributed by atoms with E-state index in [0.29, 0.717) is 5.56 Å². The van der Waals surface area contributed by atoms with Gasteiger partial charge in [0.25, 0.3) is 11.4 Å². The molecule has 3 rings (SSSR count). The van der Waals surface area contributed by atoms with E-state index in [9.17, 15) is 29.8 Å². The largest absolute Gasteiger partial charge is 0.316 e. The van der Waals surface area contributed by atoms with Crippen molar-refractivity contribution in [1.82, 2.24) is 9.97 Å². The summed E-state index contributed by atoms with van der Waals surface area (Å²) >= 11 is 0. The van der Waals surface area contributed by atoms with Crippen LogP contribution in [0, 0.1) is 20.2 Å². The van der Waals surface area contributed by atoms with Gasteiger partial charge in [0, 0.05) is 18.2 Å². The van der Waals surface area contributed by atoms with Crippen LogP contribution in [-0.2, 0) is 0 Å². The van der Waals surface area contributed by atoms with Gasteiger partial charge in [0.2, 0.25) is 0 Å². The number of rotatable bonds is 3. The number of nitro benzene ring substituents is 2. The van der Waals surface area contributed by atoms with Crippen LogP contribution in [0.4, 0.5) is 11.4 Å². The lowest BCUT2D eigenvalue weighted by Crippen LogP contribution is -2.28. The van der Waals surface area contributed by atoms with Crippen LogP contribution < -0.4 is 11.1 Å². The lowest BCUT2D eigenvalue weighted by Gasteiger charge is -2.05. The van der Waals surface area contributed by atoms with E-state index in [0.717, 1.165) is 6.07 Å². The molecule has 3 aromatic rings.